The molecular weight excluding hydrogens is 442 g/mol. The van der Waals surface area contributed by atoms with Crippen molar-refractivity contribution in [3.63, 3.8) is 0 Å². The molecule has 2 heterocycles. The number of anilines is 2. The predicted molar refractivity (Wildman–Crippen MR) is 130 cm³/mol. The molecule has 8 heteroatoms. The summed E-state index contributed by atoms with van der Waals surface area (Å²) in [7, 11) is -3.29. The minimum atomic E-state index is -3.29. The van der Waals surface area contributed by atoms with Crippen LogP contribution in [-0.2, 0) is 10.0 Å². The zero-order valence-electron chi connectivity index (χ0n) is 17.4. The molecule has 1 saturated heterocycles. The molecule has 0 radical (unpaired) electrons. The molecule has 1 aromatic heterocycles. The molecule has 0 unspecified atom stereocenters. The number of rotatable bonds is 4. The Kier molecular flexibility index (Phi) is 5.19. The summed E-state index contributed by atoms with van der Waals surface area (Å²) in [5.74, 6) is -0.143. The van der Waals surface area contributed by atoms with Gasteiger partial charge < -0.3 is 5.32 Å². The number of nitrogens with zero attached hydrogens (tertiary/aromatic N) is 2. The molecule has 32 heavy (non-hydrogen) atoms. The van der Waals surface area contributed by atoms with Crippen LogP contribution in [0.3, 0.4) is 0 Å². The van der Waals surface area contributed by atoms with Crippen LogP contribution < -0.4 is 9.62 Å². The number of aromatic nitrogens is 1. The minimum Gasteiger partial charge on any atom is -0.322 e. The van der Waals surface area contributed by atoms with Crippen molar-refractivity contribution in [1.82, 2.24) is 4.98 Å². The van der Waals surface area contributed by atoms with Gasteiger partial charge in [0.15, 0.2) is 0 Å². The van der Waals surface area contributed by atoms with Gasteiger partial charge in [-0.25, -0.2) is 13.4 Å². The van der Waals surface area contributed by atoms with E-state index in [4.69, 9.17) is 4.98 Å². The van der Waals surface area contributed by atoms with E-state index in [1.165, 1.54) is 9.87 Å². The Morgan fingerprint density at radius 2 is 1.88 bits per heavy atom. The number of carbonyl (C=O) groups excluding carboxylic acids is 1. The van der Waals surface area contributed by atoms with Crippen molar-refractivity contribution in [2.75, 3.05) is 21.9 Å². The Labute approximate surface area is 190 Å². The lowest BCUT2D eigenvalue weighted by Crippen LogP contribution is -2.25. The average Bonchev–Trinajstić information content (AvgIpc) is 3.36. The first-order chi connectivity index (χ1) is 15.4. The molecule has 1 fully saturated rings. The molecule has 0 aliphatic carbocycles. The topological polar surface area (TPSA) is 79.4 Å². The first-order valence-electron chi connectivity index (χ1n) is 10.3. The molecule has 5 rings (SSSR count). The van der Waals surface area contributed by atoms with E-state index in [0.29, 0.717) is 29.9 Å². The van der Waals surface area contributed by atoms with Crippen molar-refractivity contribution in [3.8, 4) is 10.6 Å². The van der Waals surface area contributed by atoms with Crippen molar-refractivity contribution >= 4 is 48.9 Å². The molecule has 1 aliphatic heterocycles. The smallest absolute Gasteiger partial charge is 0.255 e. The lowest BCUT2D eigenvalue weighted by Gasteiger charge is -2.17. The maximum Gasteiger partial charge on any atom is 0.255 e. The fraction of sp³-hybridized carbons (Fsp3) is 0.167. The van der Waals surface area contributed by atoms with Gasteiger partial charge >= 0.3 is 0 Å². The fourth-order valence-corrected chi connectivity index (χ4v) is 6.41. The van der Waals surface area contributed by atoms with Crippen LogP contribution in [0, 0.1) is 6.92 Å². The molecule has 4 aromatic rings. The Bertz CT molecular complexity index is 1430. The molecule has 0 bridgehead atoms. The van der Waals surface area contributed by atoms with E-state index < -0.39 is 10.0 Å². The summed E-state index contributed by atoms with van der Waals surface area (Å²) < 4.78 is 26.9. The van der Waals surface area contributed by atoms with Crippen molar-refractivity contribution in [1.29, 1.82) is 0 Å². The SMILES string of the molecule is Cc1ccc2nc(-c3ccc(NC(=O)c4cccc(N5CCCS5(=O)=O)c4)cc3)sc2c1. The number of aryl methyl sites for hydroxylation is 1. The van der Waals surface area contributed by atoms with Crippen molar-refractivity contribution in [2.24, 2.45) is 0 Å². The third-order valence-electron chi connectivity index (χ3n) is 5.43. The zero-order chi connectivity index (χ0) is 22.3. The maximum atomic E-state index is 12.8. The van der Waals surface area contributed by atoms with Crippen LogP contribution in [0.15, 0.2) is 66.7 Å². The summed E-state index contributed by atoms with van der Waals surface area (Å²) in [4.78, 5) is 17.5. The van der Waals surface area contributed by atoms with E-state index in [-0.39, 0.29) is 11.7 Å². The van der Waals surface area contributed by atoms with E-state index >= 15 is 0 Å². The highest BCUT2D eigenvalue weighted by Gasteiger charge is 2.28. The second-order valence-corrected chi connectivity index (χ2v) is 10.9. The number of sulfonamides is 1. The quantitative estimate of drug-likeness (QED) is 0.459. The molecule has 162 valence electrons. The van der Waals surface area contributed by atoms with Crippen molar-refractivity contribution < 1.29 is 13.2 Å². The standard InChI is InChI=1S/C24H21N3O3S2/c1-16-6-11-21-22(14-16)31-24(26-21)17-7-9-19(10-8-17)25-23(28)18-4-2-5-20(15-18)27-12-3-13-32(27,29)30/h2,4-11,14-15H,3,12-13H2,1H3,(H,25,28). The number of nitrogens with one attached hydrogen (secondary N) is 1. The predicted octanol–water partition coefficient (Wildman–Crippen LogP) is 5.06. The third-order valence-corrected chi connectivity index (χ3v) is 8.37. The number of hydrogen-bond acceptors (Lipinski definition) is 5. The van der Waals surface area contributed by atoms with Gasteiger partial charge in [0.05, 0.1) is 21.7 Å². The average molecular weight is 464 g/mol. The molecule has 1 aliphatic rings. The Morgan fingerprint density at radius 3 is 2.62 bits per heavy atom. The molecule has 0 spiro atoms. The minimum absolute atomic E-state index is 0.143. The first-order valence-corrected chi connectivity index (χ1v) is 12.7. The number of hydrogen-bond donors (Lipinski definition) is 1. The van der Waals surface area contributed by atoms with Gasteiger partial charge in [0.2, 0.25) is 10.0 Å². The molecule has 0 saturated carbocycles. The maximum absolute atomic E-state index is 12.8. The van der Waals surface area contributed by atoms with Crippen molar-refractivity contribution in [3.05, 3.63) is 77.9 Å². The van der Waals surface area contributed by atoms with Gasteiger partial charge in [-0.3, -0.25) is 9.10 Å². The third kappa shape index (κ3) is 3.99. The summed E-state index contributed by atoms with van der Waals surface area (Å²) in [5.41, 5.74) is 4.77. The summed E-state index contributed by atoms with van der Waals surface area (Å²) in [6, 6.07) is 20.5. The summed E-state index contributed by atoms with van der Waals surface area (Å²) in [6.07, 6.45) is 0.597. The van der Waals surface area contributed by atoms with Gasteiger partial charge in [-0.2, -0.15) is 0 Å². The number of thiazole rings is 1. The van der Waals surface area contributed by atoms with E-state index in [2.05, 4.69) is 24.4 Å². The Hall–Kier alpha value is -3.23. The molecule has 1 N–H and O–H groups in total. The Balaban J connectivity index is 1.33. The first kappa shape index (κ1) is 20.7. The lowest BCUT2D eigenvalue weighted by atomic mass is 10.1. The summed E-state index contributed by atoms with van der Waals surface area (Å²) in [6.45, 7) is 2.51. The highest BCUT2D eigenvalue weighted by Crippen LogP contribution is 2.31. The molecule has 0 atom stereocenters. The van der Waals surface area contributed by atoms with Crippen LogP contribution in [-0.4, -0.2) is 31.6 Å². The van der Waals surface area contributed by atoms with Gasteiger partial charge in [-0.05, 0) is 73.5 Å². The zero-order valence-corrected chi connectivity index (χ0v) is 19.0. The van der Waals surface area contributed by atoms with Gasteiger partial charge in [-0.1, -0.05) is 12.1 Å². The van der Waals surface area contributed by atoms with E-state index in [1.54, 1.807) is 35.6 Å². The van der Waals surface area contributed by atoms with E-state index in [9.17, 15) is 13.2 Å². The number of fused-ring (bicyclic) bond motifs is 1. The highest BCUT2D eigenvalue weighted by molar-refractivity contribution is 7.93. The van der Waals surface area contributed by atoms with Crippen LogP contribution in [0.1, 0.15) is 22.3 Å². The number of carbonyl (C=O) groups is 1. The van der Waals surface area contributed by atoms with Crippen LogP contribution in [0.25, 0.3) is 20.8 Å². The molecule has 6 nitrogen and oxygen atoms in total. The second kappa shape index (κ2) is 8.03. The van der Waals surface area contributed by atoms with Gasteiger partial charge in [0, 0.05) is 23.4 Å². The molecule has 3 aromatic carbocycles. The summed E-state index contributed by atoms with van der Waals surface area (Å²) >= 11 is 1.64. The molecule has 1 amide bonds. The monoisotopic (exact) mass is 463 g/mol. The van der Waals surface area contributed by atoms with Crippen molar-refractivity contribution in [2.45, 2.75) is 13.3 Å². The van der Waals surface area contributed by atoms with Gasteiger partial charge in [0.25, 0.3) is 5.91 Å². The highest BCUT2D eigenvalue weighted by atomic mass is 32.2. The van der Waals surface area contributed by atoms with Gasteiger partial charge in [-0.15, -0.1) is 11.3 Å². The summed E-state index contributed by atoms with van der Waals surface area (Å²) in [5, 5.41) is 3.82. The van der Waals surface area contributed by atoms with E-state index in [1.807, 2.05) is 30.3 Å². The number of benzene rings is 3. The molecular formula is C24H21N3O3S2. The Morgan fingerprint density at radius 1 is 1.06 bits per heavy atom. The lowest BCUT2D eigenvalue weighted by molar-refractivity contribution is 0.102. The fourth-order valence-electron chi connectivity index (χ4n) is 3.79. The number of amides is 1. The van der Waals surface area contributed by atoms with Crippen LogP contribution in [0.4, 0.5) is 11.4 Å². The van der Waals surface area contributed by atoms with E-state index in [0.717, 1.165) is 20.8 Å². The van der Waals surface area contributed by atoms with Crippen LogP contribution in [0.2, 0.25) is 0 Å². The normalized spacial score (nSPS) is 15.2. The van der Waals surface area contributed by atoms with Crippen LogP contribution in [0.5, 0.6) is 0 Å². The van der Waals surface area contributed by atoms with Crippen LogP contribution >= 0.6 is 11.3 Å². The second-order valence-electron chi connectivity index (χ2n) is 7.81. The largest absolute Gasteiger partial charge is 0.322 e. The van der Waals surface area contributed by atoms with Gasteiger partial charge in [0.1, 0.15) is 5.01 Å².